The first-order valence-electron chi connectivity index (χ1n) is 5.18. The smallest absolute Gasteiger partial charge is 0.221 e. The van der Waals surface area contributed by atoms with E-state index in [0.717, 1.165) is 21.5 Å². The van der Waals surface area contributed by atoms with Crippen LogP contribution in [0.25, 0.3) is 0 Å². The highest BCUT2D eigenvalue weighted by molar-refractivity contribution is 9.10. The molecule has 17 heavy (non-hydrogen) atoms. The van der Waals surface area contributed by atoms with E-state index in [1.807, 2.05) is 32.0 Å². The topological polar surface area (TPSA) is 63.8 Å². The van der Waals surface area contributed by atoms with Gasteiger partial charge in [-0.15, -0.1) is 0 Å². The molecular weight excluding hydrogens is 280 g/mol. The van der Waals surface area contributed by atoms with Crippen LogP contribution in [-0.4, -0.2) is 9.97 Å². The summed E-state index contributed by atoms with van der Waals surface area (Å²) in [6.45, 7) is 3.98. The Balaban J connectivity index is 2.34. The number of rotatable bonds is 2. The van der Waals surface area contributed by atoms with Crippen LogP contribution in [0.1, 0.15) is 11.1 Å². The molecule has 1 heterocycles. The summed E-state index contributed by atoms with van der Waals surface area (Å²) < 4.78 is 0.995. The van der Waals surface area contributed by atoms with Crippen LogP contribution in [0.5, 0.6) is 0 Å². The molecule has 0 unspecified atom stereocenters. The lowest BCUT2D eigenvalue weighted by Gasteiger charge is -2.10. The van der Waals surface area contributed by atoms with Gasteiger partial charge in [0, 0.05) is 16.2 Å². The highest BCUT2D eigenvalue weighted by Gasteiger charge is 2.05. The molecule has 3 N–H and O–H groups in total. The molecule has 0 aliphatic carbocycles. The first-order chi connectivity index (χ1) is 8.06. The summed E-state index contributed by atoms with van der Waals surface area (Å²) in [7, 11) is 0. The number of aromatic nitrogens is 2. The molecule has 1 aromatic heterocycles. The van der Waals surface area contributed by atoms with E-state index in [-0.39, 0.29) is 5.95 Å². The molecule has 0 aliphatic rings. The van der Waals surface area contributed by atoms with Crippen molar-refractivity contribution in [3.8, 4) is 0 Å². The van der Waals surface area contributed by atoms with Crippen LogP contribution in [0.4, 0.5) is 17.5 Å². The number of nitrogens with one attached hydrogen (secondary N) is 1. The molecule has 2 rings (SSSR count). The van der Waals surface area contributed by atoms with Gasteiger partial charge in [0.1, 0.15) is 5.82 Å². The van der Waals surface area contributed by atoms with E-state index in [1.165, 1.54) is 5.56 Å². The van der Waals surface area contributed by atoms with Crippen molar-refractivity contribution < 1.29 is 0 Å². The second-order valence-electron chi connectivity index (χ2n) is 3.87. The number of nitrogens with two attached hydrogens (primary N) is 1. The predicted molar refractivity (Wildman–Crippen MR) is 73.3 cm³/mol. The lowest BCUT2D eigenvalue weighted by atomic mass is 10.2. The number of hydrogen-bond acceptors (Lipinski definition) is 4. The molecule has 5 heteroatoms. The zero-order chi connectivity index (χ0) is 12.4. The lowest BCUT2D eigenvalue weighted by molar-refractivity contribution is 1.14. The van der Waals surface area contributed by atoms with E-state index < -0.39 is 0 Å². The SMILES string of the molecule is Cc1ccc(Nc2nc(N)ncc2C)c(Br)c1. The minimum absolute atomic E-state index is 0.265. The number of hydrogen-bond donors (Lipinski definition) is 2. The van der Waals surface area contributed by atoms with Crippen LogP contribution in [-0.2, 0) is 0 Å². The van der Waals surface area contributed by atoms with Crippen molar-refractivity contribution >= 4 is 33.4 Å². The number of nitrogens with zero attached hydrogens (tertiary/aromatic N) is 2. The van der Waals surface area contributed by atoms with E-state index in [4.69, 9.17) is 5.73 Å². The van der Waals surface area contributed by atoms with Crippen molar-refractivity contribution in [2.24, 2.45) is 0 Å². The van der Waals surface area contributed by atoms with Crippen molar-refractivity contribution in [2.45, 2.75) is 13.8 Å². The molecule has 0 spiro atoms. The molecule has 2 aromatic rings. The monoisotopic (exact) mass is 292 g/mol. The molecular formula is C12H13BrN4. The molecule has 0 bridgehead atoms. The van der Waals surface area contributed by atoms with Crippen LogP contribution in [0.15, 0.2) is 28.9 Å². The van der Waals surface area contributed by atoms with E-state index in [0.29, 0.717) is 0 Å². The Labute approximate surface area is 108 Å². The molecule has 4 nitrogen and oxygen atoms in total. The van der Waals surface area contributed by atoms with Gasteiger partial charge >= 0.3 is 0 Å². The van der Waals surface area contributed by atoms with Gasteiger partial charge in [0.2, 0.25) is 5.95 Å². The second-order valence-corrected chi connectivity index (χ2v) is 4.72. The number of benzene rings is 1. The van der Waals surface area contributed by atoms with Gasteiger partial charge in [-0.25, -0.2) is 4.98 Å². The summed E-state index contributed by atoms with van der Waals surface area (Å²) in [5, 5.41) is 3.23. The highest BCUT2D eigenvalue weighted by atomic mass is 79.9. The molecule has 0 aliphatic heterocycles. The summed E-state index contributed by atoms with van der Waals surface area (Å²) in [6.07, 6.45) is 1.70. The molecule has 0 saturated heterocycles. The zero-order valence-electron chi connectivity index (χ0n) is 9.66. The van der Waals surface area contributed by atoms with E-state index >= 15 is 0 Å². The van der Waals surface area contributed by atoms with Crippen molar-refractivity contribution in [3.05, 3.63) is 40.0 Å². The average molecular weight is 293 g/mol. The summed E-state index contributed by atoms with van der Waals surface area (Å²) in [6, 6.07) is 6.08. The third-order valence-corrected chi connectivity index (χ3v) is 3.02. The van der Waals surface area contributed by atoms with Gasteiger partial charge in [-0.05, 0) is 47.5 Å². The van der Waals surface area contributed by atoms with Gasteiger partial charge in [-0.2, -0.15) is 4.98 Å². The number of aryl methyl sites for hydroxylation is 2. The molecule has 0 fully saturated rings. The van der Waals surface area contributed by atoms with E-state index in [2.05, 4.69) is 31.2 Å². The first kappa shape index (κ1) is 11.9. The predicted octanol–water partition coefficient (Wildman–Crippen LogP) is 3.18. The molecule has 0 saturated carbocycles. The minimum Gasteiger partial charge on any atom is -0.368 e. The Hall–Kier alpha value is -1.62. The molecule has 88 valence electrons. The Morgan fingerprint density at radius 1 is 1.29 bits per heavy atom. The van der Waals surface area contributed by atoms with Gasteiger partial charge in [-0.3, -0.25) is 0 Å². The summed E-state index contributed by atoms with van der Waals surface area (Å²) in [5.74, 6) is 0.989. The fraction of sp³-hybridized carbons (Fsp3) is 0.167. The van der Waals surface area contributed by atoms with Gasteiger partial charge in [0.15, 0.2) is 0 Å². The normalized spacial score (nSPS) is 10.3. The van der Waals surface area contributed by atoms with Crippen molar-refractivity contribution in [2.75, 3.05) is 11.1 Å². The maximum Gasteiger partial charge on any atom is 0.221 e. The highest BCUT2D eigenvalue weighted by Crippen LogP contribution is 2.27. The fourth-order valence-corrected chi connectivity index (χ4v) is 2.02. The van der Waals surface area contributed by atoms with Crippen molar-refractivity contribution in [1.29, 1.82) is 0 Å². The van der Waals surface area contributed by atoms with Gasteiger partial charge in [0.25, 0.3) is 0 Å². The van der Waals surface area contributed by atoms with Crippen LogP contribution in [0, 0.1) is 13.8 Å². The van der Waals surface area contributed by atoms with Crippen LogP contribution < -0.4 is 11.1 Å². The Kier molecular flexibility index (Phi) is 3.28. The summed E-state index contributed by atoms with van der Waals surface area (Å²) in [5.41, 5.74) is 8.67. The second kappa shape index (κ2) is 4.71. The Morgan fingerprint density at radius 2 is 2.06 bits per heavy atom. The number of nitrogen functional groups attached to an aromatic ring is 1. The fourth-order valence-electron chi connectivity index (χ4n) is 1.43. The number of halogens is 1. The van der Waals surface area contributed by atoms with Crippen LogP contribution >= 0.6 is 15.9 Å². The Bertz CT molecular complexity index is 554. The zero-order valence-corrected chi connectivity index (χ0v) is 11.2. The lowest BCUT2D eigenvalue weighted by Crippen LogP contribution is -2.02. The third-order valence-electron chi connectivity index (χ3n) is 2.37. The van der Waals surface area contributed by atoms with Gasteiger partial charge in [0.05, 0.1) is 5.69 Å². The standard InChI is InChI=1S/C12H13BrN4/c1-7-3-4-10(9(13)5-7)16-11-8(2)6-15-12(14)17-11/h3-6H,1-2H3,(H3,14,15,16,17). The molecule has 0 amide bonds. The van der Waals surface area contributed by atoms with E-state index in [9.17, 15) is 0 Å². The molecule has 0 radical (unpaired) electrons. The van der Waals surface area contributed by atoms with Crippen LogP contribution in [0.3, 0.4) is 0 Å². The minimum atomic E-state index is 0.265. The van der Waals surface area contributed by atoms with Crippen molar-refractivity contribution in [1.82, 2.24) is 9.97 Å². The van der Waals surface area contributed by atoms with E-state index in [1.54, 1.807) is 6.20 Å². The largest absolute Gasteiger partial charge is 0.368 e. The summed E-state index contributed by atoms with van der Waals surface area (Å²) in [4.78, 5) is 8.10. The maximum atomic E-state index is 5.57. The quantitative estimate of drug-likeness (QED) is 0.892. The molecule has 1 aromatic carbocycles. The van der Waals surface area contributed by atoms with Gasteiger partial charge in [-0.1, -0.05) is 6.07 Å². The van der Waals surface area contributed by atoms with Gasteiger partial charge < -0.3 is 11.1 Å². The first-order valence-corrected chi connectivity index (χ1v) is 5.98. The average Bonchev–Trinajstić information content (AvgIpc) is 2.27. The van der Waals surface area contributed by atoms with Crippen molar-refractivity contribution in [3.63, 3.8) is 0 Å². The maximum absolute atomic E-state index is 5.57. The Morgan fingerprint density at radius 3 is 2.76 bits per heavy atom. The van der Waals surface area contributed by atoms with Crippen LogP contribution in [0.2, 0.25) is 0 Å². The summed E-state index contributed by atoms with van der Waals surface area (Å²) >= 11 is 3.51. The number of anilines is 3. The molecule has 0 atom stereocenters. The third kappa shape index (κ3) is 2.74.